The maximum atomic E-state index is 11.2. The van der Waals surface area contributed by atoms with E-state index in [1.165, 1.54) is 11.1 Å². The third kappa shape index (κ3) is 2.32. The Hall–Kier alpha value is -1.37. The summed E-state index contributed by atoms with van der Waals surface area (Å²) in [6.07, 6.45) is 5.61. The van der Waals surface area contributed by atoms with Crippen LogP contribution < -0.4 is 0 Å². The van der Waals surface area contributed by atoms with Gasteiger partial charge in [0.15, 0.2) is 5.78 Å². The van der Waals surface area contributed by atoms with Gasteiger partial charge in [-0.2, -0.15) is 0 Å². The first-order valence-electron chi connectivity index (χ1n) is 5.11. The van der Waals surface area contributed by atoms with Crippen molar-refractivity contribution >= 4 is 5.78 Å². The molecule has 72 valence electrons. The van der Waals surface area contributed by atoms with E-state index >= 15 is 0 Å². The second-order valence-corrected chi connectivity index (χ2v) is 3.78. The summed E-state index contributed by atoms with van der Waals surface area (Å²) in [7, 11) is 0. The molecule has 0 atom stereocenters. The average molecular weight is 186 g/mol. The molecule has 0 saturated heterocycles. The van der Waals surface area contributed by atoms with Crippen LogP contribution in [0.5, 0.6) is 0 Å². The highest BCUT2D eigenvalue weighted by atomic mass is 16.1. The fourth-order valence-corrected chi connectivity index (χ4v) is 1.86. The molecular weight excluding hydrogens is 172 g/mol. The second kappa shape index (κ2) is 4.23. The Kier molecular flexibility index (Phi) is 2.78. The molecule has 0 bridgehead atoms. The predicted molar refractivity (Wildman–Crippen MR) is 57.1 cm³/mol. The SMILES string of the molecule is O=C1C=C(Cc2ccccc2)CCC1. The Bertz CT molecular complexity index is 349. The molecule has 2 rings (SSSR count). The van der Waals surface area contributed by atoms with Crippen LogP contribution in [0.2, 0.25) is 0 Å². The van der Waals surface area contributed by atoms with E-state index in [4.69, 9.17) is 0 Å². The largest absolute Gasteiger partial charge is 0.295 e. The van der Waals surface area contributed by atoms with Gasteiger partial charge in [0.1, 0.15) is 0 Å². The van der Waals surface area contributed by atoms with E-state index in [0.717, 1.165) is 25.7 Å². The van der Waals surface area contributed by atoms with Crippen LogP contribution >= 0.6 is 0 Å². The number of carbonyl (C=O) groups excluding carboxylic acids is 1. The summed E-state index contributed by atoms with van der Waals surface area (Å²) in [5, 5.41) is 0. The third-order valence-electron chi connectivity index (χ3n) is 2.56. The number of allylic oxidation sites excluding steroid dienone is 2. The van der Waals surface area contributed by atoms with Crippen molar-refractivity contribution in [1.82, 2.24) is 0 Å². The minimum Gasteiger partial charge on any atom is -0.295 e. The fourth-order valence-electron chi connectivity index (χ4n) is 1.86. The first-order valence-corrected chi connectivity index (χ1v) is 5.11. The Morgan fingerprint density at radius 3 is 2.57 bits per heavy atom. The van der Waals surface area contributed by atoms with Crippen LogP contribution in [-0.4, -0.2) is 5.78 Å². The summed E-state index contributed by atoms with van der Waals surface area (Å²) < 4.78 is 0. The van der Waals surface area contributed by atoms with Crippen LogP contribution in [0.3, 0.4) is 0 Å². The monoisotopic (exact) mass is 186 g/mol. The van der Waals surface area contributed by atoms with Crippen LogP contribution in [0, 0.1) is 0 Å². The van der Waals surface area contributed by atoms with E-state index < -0.39 is 0 Å². The van der Waals surface area contributed by atoms with Gasteiger partial charge in [0.25, 0.3) is 0 Å². The van der Waals surface area contributed by atoms with Gasteiger partial charge in [-0.3, -0.25) is 4.79 Å². The first kappa shape index (κ1) is 9.20. The van der Waals surface area contributed by atoms with Gasteiger partial charge >= 0.3 is 0 Å². The Morgan fingerprint density at radius 2 is 1.86 bits per heavy atom. The first-order chi connectivity index (χ1) is 6.84. The predicted octanol–water partition coefficient (Wildman–Crippen LogP) is 2.91. The molecule has 1 heteroatoms. The highest BCUT2D eigenvalue weighted by Crippen LogP contribution is 2.19. The number of hydrogen-bond donors (Lipinski definition) is 0. The molecular formula is C13H14O. The highest BCUT2D eigenvalue weighted by Gasteiger charge is 2.09. The molecule has 1 aliphatic rings. The van der Waals surface area contributed by atoms with Crippen molar-refractivity contribution in [2.75, 3.05) is 0 Å². The molecule has 0 heterocycles. The quantitative estimate of drug-likeness (QED) is 0.694. The van der Waals surface area contributed by atoms with Gasteiger partial charge in [-0.1, -0.05) is 35.9 Å². The summed E-state index contributed by atoms with van der Waals surface area (Å²) in [6, 6.07) is 10.3. The number of carbonyl (C=O) groups is 1. The lowest BCUT2D eigenvalue weighted by Crippen LogP contribution is -2.04. The number of benzene rings is 1. The van der Waals surface area contributed by atoms with E-state index in [2.05, 4.69) is 12.1 Å². The van der Waals surface area contributed by atoms with Crippen molar-refractivity contribution in [2.24, 2.45) is 0 Å². The van der Waals surface area contributed by atoms with Gasteiger partial charge < -0.3 is 0 Å². The highest BCUT2D eigenvalue weighted by molar-refractivity contribution is 5.91. The van der Waals surface area contributed by atoms with Crippen LogP contribution in [0.1, 0.15) is 24.8 Å². The Labute approximate surface area is 84.5 Å². The molecule has 1 aromatic rings. The summed E-state index contributed by atoms with van der Waals surface area (Å²) in [4.78, 5) is 11.2. The van der Waals surface area contributed by atoms with Gasteiger partial charge in [0.05, 0.1) is 0 Å². The summed E-state index contributed by atoms with van der Waals surface area (Å²) >= 11 is 0. The van der Waals surface area contributed by atoms with E-state index in [1.54, 1.807) is 0 Å². The van der Waals surface area contributed by atoms with Gasteiger partial charge in [0, 0.05) is 6.42 Å². The number of hydrogen-bond acceptors (Lipinski definition) is 1. The zero-order valence-electron chi connectivity index (χ0n) is 8.20. The lowest BCUT2D eigenvalue weighted by Gasteiger charge is -2.11. The van der Waals surface area contributed by atoms with E-state index in [-0.39, 0.29) is 0 Å². The average Bonchev–Trinajstić information content (AvgIpc) is 2.19. The topological polar surface area (TPSA) is 17.1 Å². The molecule has 1 nitrogen and oxygen atoms in total. The summed E-state index contributed by atoms with van der Waals surface area (Å²) in [5.74, 6) is 0.294. The molecule has 0 N–H and O–H groups in total. The van der Waals surface area contributed by atoms with Crippen LogP contribution in [0.25, 0.3) is 0 Å². The van der Waals surface area contributed by atoms with Gasteiger partial charge in [-0.05, 0) is 30.9 Å². The van der Waals surface area contributed by atoms with E-state index in [1.807, 2.05) is 24.3 Å². The standard InChI is InChI=1S/C13H14O/c14-13-8-4-7-12(10-13)9-11-5-2-1-3-6-11/h1-3,5-6,10H,4,7-9H2. The zero-order chi connectivity index (χ0) is 9.80. The van der Waals surface area contributed by atoms with Crippen molar-refractivity contribution < 1.29 is 4.79 Å². The number of rotatable bonds is 2. The molecule has 1 aromatic carbocycles. The summed E-state index contributed by atoms with van der Waals surface area (Å²) in [5.41, 5.74) is 2.58. The molecule has 0 saturated carbocycles. The smallest absolute Gasteiger partial charge is 0.155 e. The van der Waals surface area contributed by atoms with E-state index in [9.17, 15) is 4.79 Å². The maximum absolute atomic E-state index is 11.2. The van der Waals surface area contributed by atoms with Gasteiger partial charge in [-0.25, -0.2) is 0 Å². The minimum atomic E-state index is 0.294. The van der Waals surface area contributed by atoms with Crippen molar-refractivity contribution in [3.63, 3.8) is 0 Å². The maximum Gasteiger partial charge on any atom is 0.155 e. The van der Waals surface area contributed by atoms with Crippen molar-refractivity contribution in [1.29, 1.82) is 0 Å². The molecule has 0 aliphatic heterocycles. The molecule has 1 aliphatic carbocycles. The van der Waals surface area contributed by atoms with Crippen molar-refractivity contribution in [2.45, 2.75) is 25.7 Å². The Balaban J connectivity index is 2.08. The lowest BCUT2D eigenvalue weighted by molar-refractivity contribution is -0.115. The van der Waals surface area contributed by atoms with E-state index in [0.29, 0.717) is 5.78 Å². The number of ketones is 1. The molecule has 0 unspecified atom stereocenters. The molecule has 0 radical (unpaired) electrons. The molecule has 0 amide bonds. The summed E-state index contributed by atoms with van der Waals surface area (Å²) in [6.45, 7) is 0. The lowest BCUT2D eigenvalue weighted by atomic mass is 9.93. The third-order valence-corrected chi connectivity index (χ3v) is 2.56. The normalized spacial score (nSPS) is 16.6. The van der Waals surface area contributed by atoms with Gasteiger partial charge in [-0.15, -0.1) is 0 Å². The van der Waals surface area contributed by atoms with Crippen molar-refractivity contribution in [3.8, 4) is 0 Å². The Morgan fingerprint density at radius 1 is 1.07 bits per heavy atom. The molecule has 0 fully saturated rings. The molecule has 0 aromatic heterocycles. The zero-order valence-corrected chi connectivity index (χ0v) is 8.20. The minimum absolute atomic E-state index is 0.294. The molecule has 0 spiro atoms. The van der Waals surface area contributed by atoms with Crippen molar-refractivity contribution in [3.05, 3.63) is 47.5 Å². The second-order valence-electron chi connectivity index (χ2n) is 3.78. The van der Waals surface area contributed by atoms with Crippen LogP contribution in [-0.2, 0) is 11.2 Å². The van der Waals surface area contributed by atoms with Crippen LogP contribution in [0.4, 0.5) is 0 Å². The molecule has 14 heavy (non-hydrogen) atoms. The van der Waals surface area contributed by atoms with Gasteiger partial charge in [0.2, 0.25) is 0 Å². The fraction of sp³-hybridized carbons (Fsp3) is 0.308. The van der Waals surface area contributed by atoms with Crippen LogP contribution in [0.15, 0.2) is 42.0 Å².